The van der Waals surface area contributed by atoms with E-state index in [9.17, 15) is 0 Å². The molecule has 2 aromatic heterocycles. The van der Waals surface area contributed by atoms with Gasteiger partial charge in [-0.05, 0) is 62.0 Å². The molecule has 0 atom stereocenters. The normalized spacial score (nSPS) is 11.2. The standard InChI is InChI=1S/C56H36N6/c1-5-18-38(19-6-1)51-57-52(39-20-7-2-8-21-39)60-55(59-51)48-28-16-15-27-46(48)44-32-34-49(50(36-44)43-31-33-47-42(35-43)30-29-37-17-13-14-26-45(37)47)56-61-53(40-22-9-3-10-23-40)58-54(62-56)41-24-11-4-12-25-41/h1-36H. The molecular formula is C56H36N6. The highest BCUT2D eigenvalue weighted by Crippen LogP contribution is 2.40. The first-order valence-corrected chi connectivity index (χ1v) is 20.6. The zero-order valence-corrected chi connectivity index (χ0v) is 33.5. The first-order valence-electron chi connectivity index (χ1n) is 20.6. The van der Waals surface area contributed by atoms with Crippen molar-refractivity contribution >= 4 is 21.5 Å². The third kappa shape index (κ3) is 7.06. The van der Waals surface area contributed by atoms with E-state index >= 15 is 0 Å². The second-order valence-electron chi connectivity index (χ2n) is 15.1. The highest BCUT2D eigenvalue weighted by atomic mass is 15.0. The molecule has 0 aliphatic heterocycles. The van der Waals surface area contributed by atoms with Crippen molar-refractivity contribution in [3.8, 4) is 90.6 Å². The number of rotatable bonds is 8. The average Bonchev–Trinajstić information content (AvgIpc) is 3.36. The molecule has 11 rings (SSSR count). The number of aromatic nitrogens is 6. The van der Waals surface area contributed by atoms with Crippen LogP contribution in [0.3, 0.4) is 0 Å². The Kier molecular flexibility index (Phi) is 9.41. The molecule has 0 N–H and O–H groups in total. The van der Waals surface area contributed by atoms with Gasteiger partial charge in [0.25, 0.3) is 0 Å². The Balaban J connectivity index is 1.13. The Hall–Kier alpha value is -8.48. The van der Waals surface area contributed by atoms with Crippen molar-refractivity contribution in [2.75, 3.05) is 0 Å². The van der Waals surface area contributed by atoms with Gasteiger partial charge in [0.05, 0.1) is 0 Å². The minimum absolute atomic E-state index is 0.587. The lowest BCUT2D eigenvalue weighted by Crippen LogP contribution is -2.02. The minimum atomic E-state index is 0.587. The summed E-state index contributed by atoms with van der Waals surface area (Å²) < 4.78 is 0. The van der Waals surface area contributed by atoms with Crippen molar-refractivity contribution < 1.29 is 0 Å². The van der Waals surface area contributed by atoms with Crippen LogP contribution in [0, 0.1) is 0 Å². The molecule has 9 aromatic carbocycles. The van der Waals surface area contributed by atoms with Gasteiger partial charge in [-0.2, -0.15) is 0 Å². The molecule has 290 valence electrons. The minimum Gasteiger partial charge on any atom is -0.208 e. The first kappa shape index (κ1) is 36.6. The molecule has 11 aromatic rings. The summed E-state index contributed by atoms with van der Waals surface area (Å²) in [6, 6.07) is 74.9. The van der Waals surface area contributed by atoms with Crippen LogP contribution in [0.15, 0.2) is 218 Å². The van der Waals surface area contributed by atoms with Crippen LogP contribution in [0.2, 0.25) is 0 Å². The number of benzene rings is 9. The number of nitrogens with zero attached hydrogens (tertiary/aromatic N) is 6. The fourth-order valence-electron chi connectivity index (χ4n) is 8.11. The van der Waals surface area contributed by atoms with Crippen LogP contribution in [0.5, 0.6) is 0 Å². The van der Waals surface area contributed by atoms with Crippen molar-refractivity contribution in [2.24, 2.45) is 0 Å². The van der Waals surface area contributed by atoms with Crippen LogP contribution in [-0.2, 0) is 0 Å². The zero-order chi connectivity index (χ0) is 41.2. The number of fused-ring (bicyclic) bond motifs is 3. The molecular weight excluding hydrogens is 757 g/mol. The summed E-state index contributed by atoms with van der Waals surface area (Å²) in [7, 11) is 0. The summed E-state index contributed by atoms with van der Waals surface area (Å²) in [5, 5.41) is 4.78. The van der Waals surface area contributed by atoms with Crippen molar-refractivity contribution in [3.63, 3.8) is 0 Å². The first-order chi connectivity index (χ1) is 30.7. The van der Waals surface area contributed by atoms with Crippen molar-refractivity contribution in [2.45, 2.75) is 0 Å². The summed E-state index contributed by atoms with van der Waals surface area (Å²) in [6.45, 7) is 0. The van der Waals surface area contributed by atoms with E-state index in [1.165, 1.54) is 16.2 Å². The molecule has 0 bridgehead atoms. The van der Waals surface area contributed by atoms with Gasteiger partial charge in [0, 0.05) is 33.4 Å². The summed E-state index contributed by atoms with van der Waals surface area (Å²) in [5.41, 5.74) is 9.48. The molecule has 0 fully saturated rings. The summed E-state index contributed by atoms with van der Waals surface area (Å²) in [6.07, 6.45) is 0. The summed E-state index contributed by atoms with van der Waals surface area (Å²) >= 11 is 0. The largest absolute Gasteiger partial charge is 0.208 e. The molecule has 6 nitrogen and oxygen atoms in total. The number of hydrogen-bond acceptors (Lipinski definition) is 6. The zero-order valence-electron chi connectivity index (χ0n) is 33.5. The van der Waals surface area contributed by atoms with Gasteiger partial charge in [0.15, 0.2) is 34.9 Å². The molecule has 6 heteroatoms. The summed E-state index contributed by atoms with van der Waals surface area (Å²) in [5.74, 6) is 3.62. The van der Waals surface area contributed by atoms with E-state index in [1.807, 2.05) is 127 Å². The van der Waals surface area contributed by atoms with Gasteiger partial charge >= 0.3 is 0 Å². The predicted molar refractivity (Wildman–Crippen MR) is 252 cm³/mol. The molecule has 0 radical (unpaired) electrons. The molecule has 62 heavy (non-hydrogen) atoms. The molecule has 0 spiro atoms. The van der Waals surface area contributed by atoms with Gasteiger partial charge < -0.3 is 0 Å². The Morgan fingerprint density at radius 2 is 0.565 bits per heavy atom. The highest BCUT2D eigenvalue weighted by molar-refractivity contribution is 6.08. The van der Waals surface area contributed by atoms with Gasteiger partial charge in [-0.1, -0.05) is 200 Å². The predicted octanol–water partition coefficient (Wildman–Crippen LogP) is 13.7. The molecule has 2 heterocycles. The maximum absolute atomic E-state index is 5.18. The molecule has 0 saturated carbocycles. The average molecular weight is 793 g/mol. The van der Waals surface area contributed by atoms with Crippen LogP contribution in [0.1, 0.15) is 0 Å². The monoisotopic (exact) mass is 792 g/mol. The maximum Gasteiger partial charge on any atom is 0.164 e. The van der Waals surface area contributed by atoms with Gasteiger partial charge in [-0.3, -0.25) is 0 Å². The third-order valence-corrected chi connectivity index (χ3v) is 11.2. The van der Waals surface area contributed by atoms with Gasteiger partial charge in [-0.25, -0.2) is 29.9 Å². The maximum atomic E-state index is 5.18. The van der Waals surface area contributed by atoms with E-state index in [-0.39, 0.29) is 0 Å². The van der Waals surface area contributed by atoms with E-state index in [2.05, 4.69) is 91.0 Å². The van der Waals surface area contributed by atoms with Crippen molar-refractivity contribution in [1.29, 1.82) is 0 Å². The van der Waals surface area contributed by atoms with E-state index in [0.717, 1.165) is 61.0 Å². The van der Waals surface area contributed by atoms with E-state index in [4.69, 9.17) is 29.9 Å². The molecule has 0 aliphatic rings. The molecule has 0 saturated heterocycles. The van der Waals surface area contributed by atoms with Crippen LogP contribution >= 0.6 is 0 Å². The van der Waals surface area contributed by atoms with E-state index in [1.54, 1.807) is 0 Å². The lowest BCUT2D eigenvalue weighted by atomic mass is 9.90. The van der Waals surface area contributed by atoms with Crippen LogP contribution < -0.4 is 0 Å². The van der Waals surface area contributed by atoms with Gasteiger partial charge in [0.2, 0.25) is 0 Å². The topological polar surface area (TPSA) is 77.3 Å². The van der Waals surface area contributed by atoms with Crippen LogP contribution in [-0.4, -0.2) is 29.9 Å². The lowest BCUT2D eigenvalue weighted by molar-refractivity contribution is 1.07. The van der Waals surface area contributed by atoms with Gasteiger partial charge in [-0.15, -0.1) is 0 Å². The highest BCUT2D eigenvalue weighted by Gasteiger charge is 2.20. The van der Waals surface area contributed by atoms with Crippen molar-refractivity contribution in [3.05, 3.63) is 218 Å². The molecule has 0 aliphatic carbocycles. The fraction of sp³-hybridized carbons (Fsp3) is 0. The van der Waals surface area contributed by atoms with Crippen LogP contribution in [0.4, 0.5) is 0 Å². The number of hydrogen-bond donors (Lipinski definition) is 0. The summed E-state index contributed by atoms with van der Waals surface area (Å²) in [4.78, 5) is 30.6. The Bertz CT molecular complexity index is 3280. The lowest BCUT2D eigenvalue weighted by Gasteiger charge is -2.16. The molecule has 0 unspecified atom stereocenters. The SMILES string of the molecule is c1ccc(-c2nc(-c3ccccc3)nc(-c3ccccc3-c3ccc(-c4nc(-c5ccccc5)nc(-c5ccccc5)n4)c(-c4ccc5c(ccc6ccccc65)c4)c3)n2)cc1. The Labute approximate surface area is 359 Å². The second kappa shape index (κ2) is 15.9. The van der Waals surface area contributed by atoms with Crippen molar-refractivity contribution in [1.82, 2.24) is 29.9 Å². The smallest absolute Gasteiger partial charge is 0.164 e. The third-order valence-electron chi connectivity index (χ3n) is 11.2. The Morgan fingerprint density at radius 3 is 1.10 bits per heavy atom. The van der Waals surface area contributed by atoms with E-state index < -0.39 is 0 Å². The Morgan fingerprint density at radius 1 is 0.194 bits per heavy atom. The van der Waals surface area contributed by atoms with E-state index in [0.29, 0.717) is 34.9 Å². The van der Waals surface area contributed by atoms with Crippen LogP contribution in [0.25, 0.3) is 112 Å². The second-order valence-corrected chi connectivity index (χ2v) is 15.1. The molecule has 0 amide bonds. The van der Waals surface area contributed by atoms with Gasteiger partial charge in [0.1, 0.15) is 0 Å². The fourth-order valence-corrected chi connectivity index (χ4v) is 8.11. The quantitative estimate of drug-likeness (QED) is 0.143.